The Balaban J connectivity index is 2.18. The summed E-state index contributed by atoms with van der Waals surface area (Å²) in [6.45, 7) is -0.197. The van der Waals surface area contributed by atoms with Crippen LogP contribution < -0.4 is 0 Å². The van der Waals surface area contributed by atoms with Crippen molar-refractivity contribution >= 4 is 10.2 Å². The summed E-state index contributed by atoms with van der Waals surface area (Å²) in [5, 5.41) is 3.24. The highest BCUT2D eigenvalue weighted by Gasteiger charge is 2.38. The number of pyridine rings is 1. The van der Waals surface area contributed by atoms with Crippen LogP contribution in [0.25, 0.3) is 11.4 Å². The van der Waals surface area contributed by atoms with Crippen LogP contribution >= 0.6 is 0 Å². The van der Waals surface area contributed by atoms with Gasteiger partial charge in [-0.3, -0.25) is 9.82 Å². The van der Waals surface area contributed by atoms with E-state index in [1.807, 2.05) is 0 Å². The molecule has 0 saturated carbocycles. The number of hydrogen-bond donors (Lipinski definition) is 0. The summed E-state index contributed by atoms with van der Waals surface area (Å²) in [5.74, 6) is -1.75. The Kier molecular flexibility index (Phi) is 5.41. The Labute approximate surface area is 141 Å². The van der Waals surface area contributed by atoms with Gasteiger partial charge in [0.2, 0.25) is 5.82 Å². The van der Waals surface area contributed by atoms with Crippen LogP contribution in [0.15, 0.2) is 22.9 Å². The van der Waals surface area contributed by atoms with Crippen molar-refractivity contribution in [2.75, 3.05) is 21.2 Å². The maximum absolute atomic E-state index is 12.4. The van der Waals surface area contributed by atoms with Crippen molar-refractivity contribution in [3.63, 3.8) is 0 Å². The summed E-state index contributed by atoms with van der Waals surface area (Å²) in [7, 11) is 0.0444. The fourth-order valence-electron chi connectivity index (χ4n) is 1.66. The third-order valence-corrected chi connectivity index (χ3v) is 4.68. The Morgan fingerprint density at radius 2 is 1.96 bits per heavy atom. The molecule has 2 heterocycles. The van der Waals surface area contributed by atoms with Crippen molar-refractivity contribution in [1.82, 2.24) is 23.9 Å². The van der Waals surface area contributed by atoms with Gasteiger partial charge in [-0.2, -0.15) is 30.9 Å². The van der Waals surface area contributed by atoms with E-state index in [-0.39, 0.29) is 17.9 Å². The highest BCUT2D eigenvalue weighted by Crippen LogP contribution is 2.29. The van der Waals surface area contributed by atoms with E-state index < -0.39 is 22.3 Å². The van der Waals surface area contributed by atoms with E-state index in [9.17, 15) is 21.6 Å². The second-order valence-electron chi connectivity index (χ2n) is 4.89. The Hall–Kier alpha value is -2.09. The first-order valence-corrected chi connectivity index (χ1v) is 8.06. The van der Waals surface area contributed by atoms with Crippen molar-refractivity contribution in [2.24, 2.45) is 0 Å². The molecule has 0 spiro atoms. The minimum Gasteiger partial charge on any atom is -0.329 e. The van der Waals surface area contributed by atoms with Gasteiger partial charge in [-0.1, -0.05) is 9.63 Å². The lowest BCUT2D eigenvalue weighted by Gasteiger charge is -2.22. The Bertz CT molecular complexity index is 820. The van der Waals surface area contributed by atoms with Crippen molar-refractivity contribution < 1.29 is 30.9 Å². The van der Waals surface area contributed by atoms with E-state index in [0.29, 0.717) is 10.2 Å². The van der Waals surface area contributed by atoms with Crippen LogP contribution in [0.4, 0.5) is 13.2 Å². The molecular formula is C12H14F3N5O4S. The Morgan fingerprint density at radius 3 is 2.40 bits per heavy atom. The molecular weight excluding hydrogens is 367 g/mol. The van der Waals surface area contributed by atoms with Crippen molar-refractivity contribution in [2.45, 2.75) is 12.7 Å². The smallest absolute Gasteiger partial charge is 0.329 e. The molecule has 0 aliphatic heterocycles. The van der Waals surface area contributed by atoms with Crippen LogP contribution in [0.1, 0.15) is 11.6 Å². The largest absolute Gasteiger partial charge is 0.471 e. The van der Waals surface area contributed by atoms with E-state index >= 15 is 0 Å². The topological polar surface area (TPSA) is 102 Å². The van der Waals surface area contributed by atoms with Gasteiger partial charge in [0.1, 0.15) is 0 Å². The lowest BCUT2D eigenvalue weighted by molar-refractivity contribution is -0.159. The molecule has 2 rings (SSSR count). The molecule has 13 heteroatoms. The third-order valence-electron chi connectivity index (χ3n) is 2.96. The van der Waals surface area contributed by atoms with Crippen molar-refractivity contribution in [1.29, 1.82) is 0 Å². The molecule has 0 unspecified atom stereocenters. The van der Waals surface area contributed by atoms with Crippen LogP contribution in [0, 0.1) is 0 Å². The molecule has 0 aliphatic rings. The van der Waals surface area contributed by atoms with Gasteiger partial charge in [-0.05, 0) is 12.1 Å². The highest BCUT2D eigenvalue weighted by molar-refractivity contribution is 7.86. The first kappa shape index (κ1) is 19.2. The van der Waals surface area contributed by atoms with E-state index in [1.54, 1.807) is 0 Å². The summed E-state index contributed by atoms with van der Waals surface area (Å²) in [6.07, 6.45) is -3.53. The van der Waals surface area contributed by atoms with Gasteiger partial charge in [-0.15, -0.1) is 0 Å². The zero-order valence-electron chi connectivity index (χ0n) is 13.4. The van der Waals surface area contributed by atoms with Crippen LogP contribution in [0.5, 0.6) is 0 Å². The predicted octanol–water partition coefficient (Wildman–Crippen LogP) is 1.32. The summed E-state index contributed by atoms with van der Waals surface area (Å²) in [5.41, 5.74) is 0.484. The summed E-state index contributed by atoms with van der Waals surface area (Å²) < 4.78 is 67.2. The average Bonchev–Trinajstić information content (AvgIpc) is 3.03. The van der Waals surface area contributed by atoms with E-state index in [1.165, 1.54) is 39.5 Å². The highest BCUT2D eigenvalue weighted by atomic mass is 32.2. The molecule has 0 N–H and O–H groups in total. The molecule has 0 atom stereocenters. The predicted molar refractivity (Wildman–Crippen MR) is 77.7 cm³/mol. The second kappa shape index (κ2) is 7.03. The summed E-state index contributed by atoms with van der Waals surface area (Å²) in [6, 6.07) is 2.81. The molecule has 0 radical (unpaired) electrons. The van der Waals surface area contributed by atoms with Gasteiger partial charge in [0.25, 0.3) is 0 Å². The second-order valence-corrected chi connectivity index (χ2v) is 6.93. The van der Waals surface area contributed by atoms with Gasteiger partial charge in [0.05, 0.1) is 19.3 Å². The van der Waals surface area contributed by atoms with Crippen LogP contribution in [-0.4, -0.2) is 53.5 Å². The summed E-state index contributed by atoms with van der Waals surface area (Å²) >= 11 is 0. The van der Waals surface area contributed by atoms with Gasteiger partial charge in [0, 0.05) is 25.9 Å². The number of hydroxylamine groups is 1. The Morgan fingerprint density at radius 1 is 1.28 bits per heavy atom. The molecule has 25 heavy (non-hydrogen) atoms. The molecule has 0 amide bonds. The lowest BCUT2D eigenvalue weighted by atomic mass is 10.2. The molecule has 0 aromatic carbocycles. The molecule has 138 valence electrons. The fourth-order valence-corrected chi connectivity index (χ4v) is 2.51. The zero-order valence-corrected chi connectivity index (χ0v) is 14.2. The van der Waals surface area contributed by atoms with Gasteiger partial charge in [-0.25, -0.2) is 0 Å². The van der Waals surface area contributed by atoms with Gasteiger partial charge < -0.3 is 4.52 Å². The molecule has 0 aliphatic carbocycles. The van der Waals surface area contributed by atoms with Gasteiger partial charge in [0.15, 0.2) is 0 Å². The van der Waals surface area contributed by atoms with Gasteiger partial charge >= 0.3 is 22.3 Å². The first-order chi connectivity index (χ1) is 11.6. The molecule has 0 fully saturated rings. The quantitative estimate of drug-likeness (QED) is 0.696. The fraction of sp³-hybridized carbons (Fsp3) is 0.417. The minimum atomic E-state index is -4.74. The van der Waals surface area contributed by atoms with Crippen molar-refractivity contribution in [3.05, 3.63) is 29.9 Å². The van der Waals surface area contributed by atoms with Crippen LogP contribution in [-0.2, 0) is 27.8 Å². The monoisotopic (exact) mass is 381 g/mol. The maximum atomic E-state index is 12.4. The third kappa shape index (κ3) is 4.31. The number of aromatic nitrogens is 3. The maximum Gasteiger partial charge on any atom is 0.471 e. The summed E-state index contributed by atoms with van der Waals surface area (Å²) in [4.78, 5) is 12.1. The minimum absolute atomic E-state index is 0.183. The lowest BCUT2D eigenvalue weighted by Crippen LogP contribution is -2.39. The number of alkyl halides is 3. The van der Waals surface area contributed by atoms with E-state index in [2.05, 4.69) is 19.6 Å². The number of nitrogens with zero attached hydrogens (tertiary/aromatic N) is 5. The first-order valence-electron chi connectivity index (χ1n) is 6.66. The molecule has 2 aromatic rings. The zero-order chi connectivity index (χ0) is 18.8. The average molecular weight is 381 g/mol. The molecule has 2 aromatic heterocycles. The number of halogens is 3. The van der Waals surface area contributed by atoms with Crippen molar-refractivity contribution in [3.8, 4) is 11.4 Å². The molecule has 0 bridgehead atoms. The van der Waals surface area contributed by atoms with E-state index in [4.69, 9.17) is 4.84 Å². The normalized spacial score (nSPS) is 13.0. The number of hydrogen-bond acceptors (Lipinski definition) is 7. The van der Waals surface area contributed by atoms with E-state index in [0.717, 1.165) is 4.31 Å². The molecule has 0 saturated heterocycles. The van der Waals surface area contributed by atoms with Crippen LogP contribution in [0.3, 0.4) is 0 Å². The van der Waals surface area contributed by atoms with Crippen LogP contribution in [0.2, 0.25) is 0 Å². The standard InChI is InChI=1S/C12H14F3N5O4S/c1-19(2)25(21,22)20(23-3)7-9-5-4-8(6-16-9)10-17-11(24-18-10)12(13,14)15/h4-6H,7H2,1-3H3. The SMILES string of the molecule is CON(Cc1ccc(-c2noc(C(F)(F)F)n2)cn1)S(=O)(=O)N(C)C. The number of rotatable bonds is 6. The molecule has 9 nitrogen and oxygen atoms in total.